The van der Waals surface area contributed by atoms with Crippen LogP contribution in [0.3, 0.4) is 0 Å². The fourth-order valence-electron chi connectivity index (χ4n) is 1.15. The second kappa shape index (κ2) is 3.76. The summed E-state index contributed by atoms with van der Waals surface area (Å²) >= 11 is 0. The quantitative estimate of drug-likeness (QED) is 0.507. The molecule has 0 radical (unpaired) electrons. The fourth-order valence-corrected chi connectivity index (χ4v) is 1.15. The molecule has 0 fully saturated rings. The molecule has 0 aromatic heterocycles. The summed E-state index contributed by atoms with van der Waals surface area (Å²) in [5.41, 5.74) is 2.12. The number of rotatable bonds is 2. The van der Waals surface area contributed by atoms with Gasteiger partial charge >= 0.3 is 0 Å². The molecule has 3 heteroatoms. The number of hydrazine groups is 1. The summed E-state index contributed by atoms with van der Waals surface area (Å²) < 4.78 is 0. The molecule has 0 aliphatic heterocycles. The zero-order valence-electron chi connectivity index (χ0n) is 9.56. The number of nitrogens with one attached hydrogen (secondary N) is 1. The molecular weight excluding hydrogens is 164 g/mol. The van der Waals surface area contributed by atoms with Gasteiger partial charge in [0.05, 0.1) is 6.04 Å². The van der Waals surface area contributed by atoms with Gasteiger partial charge in [-0.05, 0) is 5.41 Å². The van der Waals surface area contributed by atoms with Crippen LogP contribution >= 0.6 is 0 Å². The lowest BCUT2D eigenvalue weighted by Gasteiger charge is -2.33. The zero-order chi connectivity index (χ0) is 10.9. The molecule has 0 aliphatic rings. The Bertz CT molecular complexity index is 186. The average molecular weight is 186 g/mol. The first-order chi connectivity index (χ1) is 5.60. The lowest BCUT2D eigenvalue weighted by atomic mass is 9.76. The van der Waals surface area contributed by atoms with Crippen molar-refractivity contribution in [1.82, 2.24) is 5.43 Å². The van der Waals surface area contributed by atoms with E-state index in [4.69, 9.17) is 5.84 Å². The maximum Gasteiger partial charge on any atom is 0.156 e. The summed E-state index contributed by atoms with van der Waals surface area (Å²) in [6.07, 6.45) is 0. The first-order valence-electron chi connectivity index (χ1n) is 4.61. The van der Waals surface area contributed by atoms with E-state index in [1.54, 1.807) is 0 Å². The molecule has 3 nitrogen and oxygen atoms in total. The third-order valence-electron chi connectivity index (χ3n) is 2.03. The molecule has 1 atom stereocenters. The smallest absolute Gasteiger partial charge is 0.156 e. The molecule has 0 saturated carbocycles. The summed E-state index contributed by atoms with van der Waals surface area (Å²) in [6, 6.07) is -0.285. The highest BCUT2D eigenvalue weighted by atomic mass is 16.1. The minimum absolute atomic E-state index is 0.140. The van der Waals surface area contributed by atoms with Crippen LogP contribution < -0.4 is 11.3 Å². The molecule has 0 rings (SSSR count). The van der Waals surface area contributed by atoms with Crippen molar-refractivity contribution in [3.63, 3.8) is 0 Å². The number of hydrogen-bond acceptors (Lipinski definition) is 3. The molecule has 1 unspecified atom stereocenters. The Morgan fingerprint density at radius 3 is 1.62 bits per heavy atom. The van der Waals surface area contributed by atoms with Crippen molar-refractivity contribution in [2.24, 2.45) is 16.7 Å². The van der Waals surface area contributed by atoms with Crippen molar-refractivity contribution in [2.45, 2.75) is 47.6 Å². The van der Waals surface area contributed by atoms with Gasteiger partial charge in [-0.15, -0.1) is 0 Å². The third-order valence-corrected chi connectivity index (χ3v) is 2.03. The molecule has 0 aliphatic carbocycles. The van der Waals surface area contributed by atoms with Crippen LogP contribution in [0.2, 0.25) is 0 Å². The largest absolute Gasteiger partial charge is 0.297 e. The Morgan fingerprint density at radius 2 is 1.54 bits per heavy atom. The molecule has 0 spiro atoms. The number of carbonyl (C=O) groups is 1. The maximum atomic E-state index is 11.9. The van der Waals surface area contributed by atoms with Crippen molar-refractivity contribution >= 4 is 5.78 Å². The van der Waals surface area contributed by atoms with Crippen molar-refractivity contribution in [3.05, 3.63) is 0 Å². The lowest BCUT2D eigenvalue weighted by Crippen LogP contribution is -2.53. The Labute approximate surface area is 81.0 Å². The Morgan fingerprint density at radius 1 is 1.15 bits per heavy atom. The van der Waals surface area contributed by atoms with Gasteiger partial charge in [-0.1, -0.05) is 41.5 Å². The number of nitrogens with two attached hydrogens (primary N) is 1. The zero-order valence-corrected chi connectivity index (χ0v) is 9.56. The Balaban J connectivity index is 4.72. The molecule has 0 bridgehead atoms. The van der Waals surface area contributed by atoms with Crippen molar-refractivity contribution < 1.29 is 4.79 Å². The molecular formula is C10H22N2O. The minimum Gasteiger partial charge on any atom is -0.297 e. The van der Waals surface area contributed by atoms with Crippen molar-refractivity contribution in [3.8, 4) is 0 Å². The van der Waals surface area contributed by atoms with Crippen LogP contribution in [0.1, 0.15) is 41.5 Å². The maximum absolute atomic E-state index is 11.9. The van der Waals surface area contributed by atoms with Gasteiger partial charge in [0.1, 0.15) is 0 Å². The minimum atomic E-state index is -0.343. The molecule has 13 heavy (non-hydrogen) atoms. The highest BCUT2D eigenvalue weighted by molar-refractivity contribution is 5.89. The van der Waals surface area contributed by atoms with E-state index in [0.29, 0.717) is 0 Å². The lowest BCUT2D eigenvalue weighted by molar-refractivity contribution is -0.131. The summed E-state index contributed by atoms with van der Waals surface area (Å²) in [5.74, 6) is 5.54. The fraction of sp³-hybridized carbons (Fsp3) is 0.900. The predicted molar refractivity (Wildman–Crippen MR) is 55.0 cm³/mol. The van der Waals surface area contributed by atoms with Crippen LogP contribution in [-0.4, -0.2) is 11.8 Å². The first-order valence-corrected chi connectivity index (χ1v) is 4.61. The van der Waals surface area contributed by atoms with E-state index >= 15 is 0 Å². The van der Waals surface area contributed by atoms with Crippen LogP contribution in [-0.2, 0) is 4.79 Å². The van der Waals surface area contributed by atoms with Gasteiger partial charge in [-0.3, -0.25) is 10.6 Å². The molecule has 0 aromatic rings. The average Bonchev–Trinajstić information content (AvgIpc) is 1.83. The van der Waals surface area contributed by atoms with Crippen LogP contribution in [0.25, 0.3) is 0 Å². The highest BCUT2D eigenvalue weighted by Crippen LogP contribution is 2.26. The van der Waals surface area contributed by atoms with Gasteiger partial charge in [-0.2, -0.15) is 0 Å². The van der Waals surface area contributed by atoms with E-state index in [-0.39, 0.29) is 22.7 Å². The topological polar surface area (TPSA) is 55.1 Å². The van der Waals surface area contributed by atoms with Crippen molar-refractivity contribution in [2.75, 3.05) is 0 Å². The summed E-state index contributed by atoms with van der Waals surface area (Å²) in [5, 5.41) is 0. The van der Waals surface area contributed by atoms with Gasteiger partial charge < -0.3 is 0 Å². The number of carbonyl (C=O) groups excluding carboxylic acids is 1. The molecule has 0 aromatic carbocycles. The van der Waals surface area contributed by atoms with Crippen LogP contribution in [0.4, 0.5) is 0 Å². The normalized spacial score (nSPS) is 15.6. The van der Waals surface area contributed by atoms with Crippen LogP contribution in [0, 0.1) is 10.8 Å². The van der Waals surface area contributed by atoms with Crippen LogP contribution in [0.5, 0.6) is 0 Å². The molecule has 3 N–H and O–H groups in total. The molecule has 0 saturated heterocycles. The Kier molecular flexibility index (Phi) is 3.64. The number of ketones is 1. The second-order valence-electron chi connectivity index (χ2n) is 5.58. The van der Waals surface area contributed by atoms with E-state index < -0.39 is 0 Å². The van der Waals surface area contributed by atoms with Gasteiger partial charge in [0, 0.05) is 5.41 Å². The van der Waals surface area contributed by atoms with Gasteiger partial charge in [0.25, 0.3) is 0 Å². The first kappa shape index (κ1) is 12.6. The van der Waals surface area contributed by atoms with E-state index in [0.717, 1.165) is 0 Å². The van der Waals surface area contributed by atoms with E-state index in [9.17, 15) is 4.79 Å². The molecule has 78 valence electrons. The van der Waals surface area contributed by atoms with Crippen LogP contribution in [0.15, 0.2) is 0 Å². The van der Waals surface area contributed by atoms with E-state index in [1.165, 1.54) is 0 Å². The summed E-state index contributed by atoms with van der Waals surface area (Å²) in [7, 11) is 0. The predicted octanol–water partition coefficient (Wildman–Crippen LogP) is 1.48. The highest BCUT2D eigenvalue weighted by Gasteiger charge is 2.36. The SMILES string of the molecule is CC(C)(C)C(=O)C(NN)C(C)(C)C. The second-order valence-corrected chi connectivity index (χ2v) is 5.58. The monoisotopic (exact) mass is 186 g/mol. The Hall–Kier alpha value is -0.410. The molecule has 0 amide bonds. The van der Waals surface area contributed by atoms with Gasteiger partial charge in [0.15, 0.2) is 5.78 Å². The standard InChI is InChI=1S/C10H22N2O/c1-9(2,3)7(12-11)8(13)10(4,5)6/h7,12H,11H2,1-6H3. The van der Waals surface area contributed by atoms with Crippen molar-refractivity contribution in [1.29, 1.82) is 0 Å². The van der Waals surface area contributed by atoms with E-state index in [2.05, 4.69) is 5.43 Å². The van der Waals surface area contributed by atoms with Gasteiger partial charge in [0.2, 0.25) is 0 Å². The summed E-state index contributed by atoms with van der Waals surface area (Å²) in [4.78, 5) is 11.9. The summed E-state index contributed by atoms with van der Waals surface area (Å²) in [6.45, 7) is 11.7. The van der Waals surface area contributed by atoms with Gasteiger partial charge in [-0.25, -0.2) is 5.43 Å². The molecule has 0 heterocycles. The number of hydrogen-bond donors (Lipinski definition) is 2. The number of Topliss-reactive ketones (excluding diaryl/α,β-unsaturated/α-hetero) is 1. The van der Waals surface area contributed by atoms with E-state index in [1.807, 2.05) is 41.5 Å². The third kappa shape index (κ3) is 3.44.